The number of pyridine rings is 1. The van der Waals surface area contributed by atoms with Gasteiger partial charge in [-0.25, -0.2) is 4.39 Å². The summed E-state index contributed by atoms with van der Waals surface area (Å²) >= 11 is 3.60. The van der Waals surface area contributed by atoms with Crippen molar-refractivity contribution in [3.05, 3.63) is 93.5 Å². The van der Waals surface area contributed by atoms with Gasteiger partial charge in [0.05, 0.1) is 9.99 Å². The van der Waals surface area contributed by atoms with Crippen LogP contribution in [0.1, 0.15) is 22.4 Å². The Morgan fingerprint density at radius 2 is 1.69 bits per heavy atom. The number of ether oxygens (including phenoxy) is 1. The van der Waals surface area contributed by atoms with Crippen LogP contribution in [0.2, 0.25) is 0 Å². The van der Waals surface area contributed by atoms with Crippen LogP contribution in [0.4, 0.5) is 4.39 Å². The first-order chi connectivity index (χ1) is 13.5. The summed E-state index contributed by atoms with van der Waals surface area (Å²) in [4.78, 5) is 4.63. The Morgan fingerprint density at radius 3 is 2.38 bits per heavy atom. The fraction of sp³-hybridized carbons (Fsp3) is 0.174. The Bertz CT molecular complexity index is 1130. The molecule has 0 N–H and O–H groups in total. The van der Waals surface area contributed by atoms with Gasteiger partial charge >= 0.3 is 0 Å². The summed E-state index contributed by atoms with van der Waals surface area (Å²) in [5.74, 6) is 0.501. The van der Waals surface area contributed by atoms with E-state index in [2.05, 4.69) is 51.5 Å². The lowest BCUT2D eigenvalue weighted by atomic mass is 10.2. The number of hydrogen-bond donors (Lipinski definition) is 0. The van der Waals surface area contributed by atoms with Crippen LogP contribution in [0, 0.1) is 19.7 Å². The average molecular weight is 476 g/mol. The van der Waals surface area contributed by atoms with E-state index in [9.17, 15) is 4.39 Å². The third-order valence-electron chi connectivity index (χ3n) is 5.02. The maximum Gasteiger partial charge on any atom is 0.161 e. The summed E-state index contributed by atoms with van der Waals surface area (Å²) in [6.45, 7) is 5.29. The number of nitrogens with zero attached hydrogens (tertiary/aromatic N) is 2. The molecule has 0 amide bonds. The van der Waals surface area contributed by atoms with Crippen molar-refractivity contribution in [1.29, 1.82) is 0 Å². The van der Waals surface area contributed by atoms with E-state index in [1.54, 1.807) is 18.3 Å². The zero-order valence-electron chi connectivity index (χ0n) is 16.2. The lowest BCUT2D eigenvalue weighted by Crippen LogP contribution is -2.04. The standard InChI is InChI=1S/C23H20BrFN2O.ClH/c1-15-16(2)27(13-17-6-4-3-5-7-17)22-21(15)26-12-20(24)23(22)28-14-18-8-10-19(25)11-9-18;/h3-12H,13-14H2,1-2H3;1H. The van der Waals surface area contributed by atoms with Gasteiger partial charge in [0.25, 0.3) is 0 Å². The van der Waals surface area contributed by atoms with Gasteiger partial charge < -0.3 is 9.30 Å². The molecule has 0 saturated carbocycles. The first-order valence-electron chi connectivity index (χ1n) is 9.09. The molecule has 0 fully saturated rings. The van der Waals surface area contributed by atoms with E-state index < -0.39 is 0 Å². The normalized spacial score (nSPS) is 10.8. The highest BCUT2D eigenvalue weighted by molar-refractivity contribution is 9.10. The topological polar surface area (TPSA) is 27.1 Å². The zero-order chi connectivity index (χ0) is 19.7. The second-order valence-electron chi connectivity index (χ2n) is 6.83. The minimum absolute atomic E-state index is 0. The van der Waals surface area contributed by atoms with Gasteiger partial charge in [0, 0.05) is 18.4 Å². The fourth-order valence-corrected chi connectivity index (χ4v) is 3.77. The number of benzene rings is 2. The number of hydrogen-bond acceptors (Lipinski definition) is 2. The monoisotopic (exact) mass is 474 g/mol. The number of aryl methyl sites for hydroxylation is 1. The molecule has 2 aromatic heterocycles. The van der Waals surface area contributed by atoms with Crippen LogP contribution >= 0.6 is 28.3 Å². The third-order valence-corrected chi connectivity index (χ3v) is 5.58. The first kappa shape index (κ1) is 21.3. The van der Waals surface area contributed by atoms with Gasteiger partial charge in [0.1, 0.15) is 17.9 Å². The van der Waals surface area contributed by atoms with Crippen LogP contribution in [-0.2, 0) is 13.2 Å². The Labute approximate surface area is 184 Å². The third kappa shape index (κ3) is 4.31. The van der Waals surface area contributed by atoms with Gasteiger partial charge in [0.2, 0.25) is 0 Å². The summed E-state index contributed by atoms with van der Waals surface area (Å²) in [5.41, 5.74) is 6.34. The summed E-state index contributed by atoms with van der Waals surface area (Å²) in [6, 6.07) is 16.7. The molecule has 0 bridgehead atoms. The lowest BCUT2D eigenvalue weighted by Gasteiger charge is -2.14. The lowest BCUT2D eigenvalue weighted by molar-refractivity contribution is 0.306. The van der Waals surface area contributed by atoms with E-state index in [-0.39, 0.29) is 18.2 Å². The highest BCUT2D eigenvalue weighted by atomic mass is 79.9. The molecule has 0 aliphatic carbocycles. The van der Waals surface area contributed by atoms with E-state index in [0.29, 0.717) is 6.61 Å². The van der Waals surface area contributed by atoms with Crippen LogP contribution in [-0.4, -0.2) is 9.55 Å². The van der Waals surface area contributed by atoms with E-state index in [1.165, 1.54) is 17.7 Å². The molecule has 0 aliphatic rings. The molecule has 6 heteroatoms. The molecule has 0 unspecified atom stereocenters. The van der Waals surface area contributed by atoms with Gasteiger partial charge in [0.15, 0.2) is 5.75 Å². The second kappa shape index (κ2) is 8.97. The average Bonchev–Trinajstić information content (AvgIpc) is 2.94. The van der Waals surface area contributed by atoms with E-state index in [0.717, 1.165) is 44.6 Å². The van der Waals surface area contributed by atoms with Crippen molar-refractivity contribution in [1.82, 2.24) is 9.55 Å². The number of halogens is 3. The van der Waals surface area contributed by atoms with Gasteiger partial charge in [-0.3, -0.25) is 4.98 Å². The van der Waals surface area contributed by atoms with Crippen LogP contribution in [0.5, 0.6) is 5.75 Å². The highest BCUT2D eigenvalue weighted by Gasteiger charge is 2.19. The molecule has 2 aromatic carbocycles. The molecule has 4 rings (SSSR count). The van der Waals surface area contributed by atoms with Crippen LogP contribution < -0.4 is 4.74 Å². The predicted molar refractivity (Wildman–Crippen MR) is 120 cm³/mol. The van der Waals surface area contributed by atoms with Gasteiger partial charge in [-0.2, -0.15) is 0 Å². The van der Waals surface area contributed by atoms with Crippen molar-refractivity contribution in [2.45, 2.75) is 27.0 Å². The molecule has 2 heterocycles. The summed E-state index contributed by atoms with van der Waals surface area (Å²) in [5, 5.41) is 0. The largest absolute Gasteiger partial charge is 0.485 e. The maximum absolute atomic E-state index is 13.2. The van der Waals surface area contributed by atoms with Crippen LogP contribution in [0.3, 0.4) is 0 Å². The van der Waals surface area contributed by atoms with E-state index in [1.807, 2.05) is 18.2 Å². The molecule has 0 saturated heterocycles. The van der Waals surface area contributed by atoms with Crippen molar-refractivity contribution < 1.29 is 9.13 Å². The van der Waals surface area contributed by atoms with Crippen LogP contribution in [0.15, 0.2) is 65.3 Å². The number of fused-ring (bicyclic) bond motifs is 1. The van der Waals surface area contributed by atoms with Crippen LogP contribution in [0.25, 0.3) is 11.0 Å². The highest BCUT2D eigenvalue weighted by Crippen LogP contribution is 2.37. The molecule has 0 radical (unpaired) electrons. The minimum atomic E-state index is -0.251. The predicted octanol–water partition coefficient (Wildman–Crippen LogP) is 6.60. The zero-order valence-corrected chi connectivity index (χ0v) is 18.6. The molecule has 4 aromatic rings. The second-order valence-corrected chi connectivity index (χ2v) is 7.68. The molecule has 29 heavy (non-hydrogen) atoms. The summed E-state index contributed by atoms with van der Waals surface area (Å²) in [7, 11) is 0. The summed E-state index contributed by atoms with van der Waals surface area (Å²) in [6.07, 6.45) is 1.78. The van der Waals surface area contributed by atoms with Gasteiger partial charge in [-0.15, -0.1) is 12.4 Å². The number of aromatic nitrogens is 2. The quantitative estimate of drug-likeness (QED) is 0.325. The molecular formula is C23H21BrClFN2O. The maximum atomic E-state index is 13.2. The van der Waals surface area contributed by atoms with Gasteiger partial charge in [-0.1, -0.05) is 42.5 Å². The minimum Gasteiger partial charge on any atom is -0.485 e. The summed E-state index contributed by atoms with van der Waals surface area (Å²) < 4.78 is 22.4. The van der Waals surface area contributed by atoms with Gasteiger partial charge in [-0.05, 0) is 58.6 Å². The first-order valence-corrected chi connectivity index (χ1v) is 9.89. The Balaban J connectivity index is 0.00000240. The molecular weight excluding hydrogens is 455 g/mol. The van der Waals surface area contributed by atoms with Crippen molar-refractivity contribution in [2.24, 2.45) is 0 Å². The molecule has 0 atom stereocenters. The van der Waals surface area contributed by atoms with Crippen molar-refractivity contribution in [3.8, 4) is 5.75 Å². The van der Waals surface area contributed by atoms with Crippen molar-refractivity contribution >= 4 is 39.4 Å². The van der Waals surface area contributed by atoms with E-state index in [4.69, 9.17) is 4.74 Å². The van der Waals surface area contributed by atoms with E-state index >= 15 is 0 Å². The molecule has 0 aliphatic heterocycles. The molecule has 3 nitrogen and oxygen atoms in total. The van der Waals surface area contributed by atoms with Crippen molar-refractivity contribution in [3.63, 3.8) is 0 Å². The fourth-order valence-electron chi connectivity index (χ4n) is 3.37. The molecule has 0 spiro atoms. The Hall–Kier alpha value is -2.37. The number of rotatable bonds is 5. The Morgan fingerprint density at radius 1 is 1.00 bits per heavy atom. The molecule has 150 valence electrons. The van der Waals surface area contributed by atoms with Crippen molar-refractivity contribution in [2.75, 3.05) is 0 Å². The Kier molecular flexibility index (Phi) is 6.60. The SMILES string of the molecule is Cc1c(C)n(Cc2ccccc2)c2c(OCc3ccc(F)cc3)c(Br)cnc12.Cl. The smallest absolute Gasteiger partial charge is 0.161 e.